The van der Waals surface area contributed by atoms with E-state index < -0.39 is 16.0 Å². The standard InChI is InChI=1S/C11H17NO4S2/c1-8(2)12(7-10(13)16-4)18(14,15)11-6-5-9(3)17-11/h5-6,8H,7H2,1-4H3. The van der Waals surface area contributed by atoms with Crippen LogP contribution < -0.4 is 0 Å². The number of thiophene rings is 1. The number of ether oxygens (including phenoxy) is 1. The zero-order valence-corrected chi connectivity index (χ0v) is 12.5. The molecule has 102 valence electrons. The van der Waals surface area contributed by atoms with Gasteiger partial charge in [0.1, 0.15) is 10.8 Å². The predicted molar refractivity (Wildman–Crippen MR) is 70.1 cm³/mol. The molecule has 0 fully saturated rings. The Morgan fingerprint density at radius 1 is 1.44 bits per heavy atom. The number of nitrogens with zero attached hydrogens (tertiary/aromatic N) is 1. The summed E-state index contributed by atoms with van der Waals surface area (Å²) in [7, 11) is -2.39. The molecule has 0 aliphatic heterocycles. The minimum atomic E-state index is -3.63. The van der Waals surface area contributed by atoms with Crippen molar-refractivity contribution in [1.29, 1.82) is 0 Å². The van der Waals surface area contributed by atoms with E-state index in [2.05, 4.69) is 4.74 Å². The van der Waals surface area contributed by atoms with Crippen LogP contribution >= 0.6 is 11.3 Å². The van der Waals surface area contributed by atoms with E-state index in [9.17, 15) is 13.2 Å². The van der Waals surface area contributed by atoms with Gasteiger partial charge in [-0.25, -0.2) is 8.42 Å². The van der Waals surface area contributed by atoms with Crippen LogP contribution in [0.15, 0.2) is 16.3 Å². The average Bonchev–Trinajstić information content (AvgIpc) is 2.72. The summed E-state index contributed by atoms with van der Waals surface area (Å²) < 4.78 is 30.7. The van der Waals surface area contributed by atoms with Gasteiger partial charge < -0.3 is 4.74 Å². The molecular weight excluding hydrogens is 274 g/mol. The van der Waals surface area contributed by atoms with E-state index >= 15 is 0 Å². The lowest BCUT2D eigenvalue weighted by molar-refractivity contribution is -0.141. The van der Waals surface area contributed by atoms with E-state index in [1.165, 1.54) is 18.4 Å². The first kappa shape index (κ1) is 15.1. The van der Waals surface area contributed by atoms with Crippen molar-refractivity contribution in [2.24, 2.45) is 0 Å². The Morgan fingerprint density at radius 2 is 2.06 bits per heavy atom. The van der Waals surface area contributed by atoms with Crippen molar-refractivity contribution in [1.82, 2.24) is 4.31 Å². The van der Waals surface area contributed by atoms with Gasteiger partial charge in [-0.2, -0.15) is 4.31 Å². The molecule has 1 heterocycles. The number of aryl methyl sites for hydroxylation is 1. The van der Waals surface area contributed by atoms with Gasteiger partial charge in [0.15, 0.2) is 0 Å². The molecule has 0 unspecified atom stereocenters. The lowest BCUT2D eigenvalue weighted by Crippen LogP contribution is -2.40. The van der Waals surface area contributed by atoms with Gasteiger partial charge in [-0.05, 0) is 32.9 Å². The van der Waals surface area contributed by atoms with Crippen LogP contribution in [0.4, 0.5) is 0 Å². The molecule has 0 aliphatic rings. The highest BCUT2D eigenvalue weighted by molar-refractivity contribution is 7.91. The minimum absolute atomic E-state index is 0.248. The molecule has 0 aromatic carbocycles. The highest BCUT2D eigenvalue weighted by atomic mass is 32.2. The Hall–Kier alpha value is -0.920. The highest BCUT2D eigenvalue weighted by Crippen LogP contribution is 2.25. The maximum Gasteiger partial charge on any atom is 0.321 e. The van der Waals surface area contributed by atoms with Crippen LogP contribution in [0.3, 0.4) is 0 Å². The van der Waals surface area contributed by atoms with E-state index in [1.54, 1.807) is 26.0 Å². The van der Waals surface area contributed by atoms with Crippen LogP contribution in [0.1, 0.15) is 18.7 Å². The van der Waals surface area contributed by atoms with E-state index in [4.69, 9.17) is 0 Å². The quantitative estimate of drug-likeness (QED) is 0.774. The largest absolute Gasteiger partial charge is 0.468 e. The Labute approximate surface area is 111 Å². The van der Waals surface area contributed by atoms with Gasteiger partial charge >= 0.3 is 5.97 Å². The van der Waals surface area contributed by atoms with Gasteiger partial charge in [0.25, 0.3) is 10.0 Å². The van der Waals surface area contributed by atoms with Crippen molar-refractivity contribution >= 4 is 27.3 Å². The van der Waals surface area contributed by atoms with E-state index in [0.29, 0.717) is 0 Å². The first-order valence-electron chi connectivity index (χ1n) is 5.44. The topological polar surface area (TPSA) is 63.7 Å². The second-order valence-electron chi connectivity index (χ2n) is 4.09. The van der Waals surface area contributed by atoms with Gasteiger partial charge in [-0.1, -0.05) is 0 Å². The molecule has 0 spiro atoms. The van der Waals surface area contributed by atoms with Crippen LogP contribution in [-0.4, -0.2) is 38.4 Å². The second-order valence-corrected chi connectivity index (χ2v) is 7.49. The molecule has 0 saturated heterocycles. The van der Waals surface area contributed by atoms with Crippen LogP contribution in [0.2, 0.25) is 0 Å². The Kier molecular flexibility index (Phi) is 4.89. The smallest absolute Gasteiger partial charge is 0.321 e. The van der Waals surface area contributed by atoms with Crippen molar-refractivity contribution in [3.8, 4) is 0 Å². The molecule has 0 N–H and O–H groups in total. The summed E-state index contributed by atoms with van der Waals surface area (Å²) in [6, 6.07) is 2.99. The average molecular weight is 291 g/mol. The first-order chi connectivity index (χ1) is 8.28. The van der Waals surface area contributed by atoms with Gasteiger partial charge in [-0.15, -0.1) is 11.3 Å². The molecule has 0 atom stereocenters. The molecule has 0 radical (unpaired) electrons. The fraction of sp³-hybridized carbons (Fsp3) is 0.545. The van der Waals surface area contributed by atoms with Crippen LogP contribution in [0.25, 0.3) is 0 Å². The summed E-state index contributed by atoms with van der Waals surface area (Å²) in [4.78, 5) is 12.2. The summed E-state index contributed by atoms with van der Waals surface area (Å²) in [6.07, 6.45) is 0. The van der Waals surface area contributed by atoms with E-state index in [-0.39, 0.29) is 16.8 Å². The molecular formula is C11H17NO4S2. The van der Waals surface area contributed by atoms with E-state index in [0.717, 1.165) is 9.18 Å². The summed E-state index contributed by atoms with van der Waals surface area (Å²) in [5.41, 5.74) is 0. The molecule has 0 saturated carbocycles. The monoisotopic (exact) mass is 291 g/mol. The zero-order valence-electron chi connectivity index (χ0n) is 10.8. The summed E-state index contributed by atoms with van der Waals surface area (Å²) >= 11 is 1.19. The minimum Gasteiger partial charge on any atom is -0.468 e. The maximum absolute atomic E-state index is 12.4. The Morgan fingerprint density at radius 3 is 2.44 bits per heavy atom. The van der Waals surface area contributed by atoms with Gasteiger partial charge in [0, 0.05) is 10.9 Å². The molecule has 1 aromatic rings. The normalized spacial score (nSPS) is 12.1. The van der Waals surface area contributed by atoms with Crippen molar-refractivity contribution in [2.75, 3.05) is 13.7 Å². The lowest BCUT2D eigenvalue weighted by atomic mass is 10.4. The summed E-state index contributed by atoms with van der Waals surface area (Å²) in [6.45, 7) is 5.01. The molecule has 1 aromatic heterocycles. The van der Waals surface area contributed by atoms with Gasteiger partial charge in [0.2, 0.25) is 0 Å². The molecule has 0 aliphatic carbocycles. The van der Waals surface area contributed by atoms with E-state index in [1.807, 2.05) is 6.92 Å². The Bertz CT molecular complexity index is 519. The molecule has 18 heavy (non-hydrogen) atoms. The third-order valence-electron chi connectivity index (χ3n) is 2.37. The maximum atomic E-state index is 12.4. The highest BCUT2D eigenvalue weighted by Gasteiger charge is 2.30. The number of hydrogen-bond donors (Lipinski definition) is 0. The summed E-state index contributed by atoms with van der Waals surface area (Å²) in [5, 5.41) is 0. The van der Waals surface area contributed by atoms with Gasteiger partial charge in [-0.3, -0.25) is 4.79 Å². The number of hydrogen-bond acceptors (Lipinski definition) is 5. The molecule has 1 rings (SSSR count). The number of sulfonamides is 1. The third-order valence-corrected chi connectivity index (χ3v) is 5.86. The lowest BCUT2D eigenvalue weighted by Gasteiger charge is -2.23. The predicted octanol–water partition coefficient (Wildman–Crippen LogP) is 1.63. The fourth-order valence-corrected chi connectivity index (χ4v) is 4.40. The van der Waals surface area contributed by atoms with Crippen LogP contribution in [0.5, 0.6) is 0 Å². The van der Waals surface area contributed by atoms with Gasteiger partial charge in [0.05, 0.1) is 7.11 Å². The van der Waals surface area contributed by atoms with Crippen molar-refractivity contribution in [3.63, 3.8) is 0 Å². The summed E-state index contributed by atoms with van der Waals surface area (Å²) in [5.74, 6) is -0.569. The third kappa shape index (κ3) is 3.30. The first-order valence-corrected chi connectivity index (χ1v) is 7.69. The SMILES string of the molecule is COC(=O)CN(C(C)C)S(=O)(=O)c1ccc(C)s1. The van der Waals surface area contributed by atoms with Crippen LogP contribution in [-0.2, 0) is 19.6 Å². The number of esters is 1. The number of carbonyl (C=O) groups excluding carboxylic acids is 1. The fourth-order valence-electron chi connectivity index (χ4n) is 1.40. The molecule has 0 amide bonds. The van der Waals surface area contributed by atoms with Crippen molar-refractivity contribution in [3.05, 3.63) is 17.0 Å². The molecule has 7 heteroatoms. The number of carbonyl (C=O) groups is 1. The number of rotatable bonds is 5. The number of methoxy groups -OCH3 is 1. The van der Waals surface area contributed by atoms with Crippen molar-refractivity contribution in [2.45, 2.75) is 31.0 Å². The molecule has 0 bridgehead atoms. The molecule has 5 nitrogen and oxygen atoms in total. The Balaban J connectivity index is 3.09. The van der Waals surface area contributed by atoms with Crippen LogP contribution in [0, 0.1) is 6.92 Å². The zero-order chi connectivity index (χ0) is 13.9. The van der Waals surface area contributed by atoms with Crippen molar-refractivity contribution < 1.29 is 17.9 Å². The second kappa shape index (κ2) is 5.81.